The maximum atomic E-state index is 12.2. The first-order valence-corrected chi connectivity index (χ1v) is 9.28. The molecular formula is C18H23NO4S. The first kappa shape index (κ1) is 18.3. The van der Waals surface area contributed by atoms with Gasteiger partial charge in [-0.2, -0.15) is 0 Å². The molecule has 0 atom stereocenters. The zero-order valence-corrected chi connectivity index (χ0v) is 15.0. The number of rotatable bonds is 8. The fourth-order valence-electron chi connectivity index (χ4n) is 2.26. The third-order valence-corrected chi connectivity index (χ3v) is 5.04. The number of benzene rings is 2. The molecule has 130 valence electrons. The van der Waals surface area contributed by atoms with Crippen molar-refractivity contribution < 1.29 is 17.9 Å². The average Bonchev–Trinajstić information content (AvgIpc) is 2.59. The highest BCUT2D eigenvalue weighted by atomic mass is 32.2. The summed E-state index contributed by atoms with van der Waals surface area (Å²) in [5, 5.41) is 0. The Morgan fingerprint density at radius 3 is 2.33 bits per heavy atom. The largest absolute Gasteiger partial charge is 0.497 e. The second-order valence-electron chi connectivity index (χ2n) is 5.61. The highest BCUT2D eigenvalue weighted by molar-refractivity contribution is 7.89. The number of para-hydroxylation sites is 1. The first-order chi connectivity index (χ1) is 11.4. The molecule has 0 amide bonds. The van der Waals surface area contributed by atoms with E-state index in [1.165, 1.54) is 19.2 Å². The van der Waals surface area contributed by atoms with Gasteiger partial charge in [0, 0.05) is 6.54 Å². The van der Waals surface area contributed by atoms with E-state index in [0.717, 1.165) is 11.3 Å². The van der Waals surface area contributed by atoms with Gasteiger partial charge in [-0.1, -0.05) is 32.0 Å². The molecule has 2 rings (SSSR count). The Hall–Kier alpha value is -2.05. The van der Waals surface area contributed by atoms with Gasteiger partial charge in [-0.25, -0.2) is 13.1 Å². The van der Waals surface area contributed by atoms with Gasteiger partial charge in [-0.3, -0.25) is 0 Å². The highest BCUT2D eigenvalue weighted by Gasteiger charge is 2.13. The molecule has 2 aromatic carbocycles. The number of hydrogen-bond donors (Lipinski definition) is 1. The lowest BCUT2D eigenvalue weighted by Gasteiger charge is -2.14. The van der Waals surface area contributed by atoms with E-state index in [1.54, 1.807) is 12.1 Å². The summed E-state index contributed by atoms with van der Waals surface area (Å²) in [7, 11) is -2.02. The molecule has 0 bridgehead atoms. The molecule has 0 aliphatic heterocycles. The number of methoxy groups -OCH3 is 1. The summed E-state index contributed by atoms with van der Waals surface area (Å²) in [6.45, 7) is 4.64. The monoisotopic (exact) mass is 349 g/mol. The van der Waals surface area contributed by atoms with E-state index in [1.807, 2.05) is 24.3 Å². The van der Waals surface area contributed by atoms with Crippen LogP contribution in [0.3, 0.4) is 0 Å². The Kier molecular flexibility index (Phi) is 6.23. The summed E-state index contributed by atoms with van der Waals surface area (Å²) in [6.07, 6.45) is 0. The minimum Gasteiger partial charge on any atom is -0.497 e. The zero-order valence-electron chi connectivity index (χ0n) is 14.2. The number of ether oxygens (including phenoxy) is 2. The van der Waals surface area contributed by atoms with Crippen molar-refractivity contribution in [2.45, 2.75) is 24.7 Å². The van der Waals surface area contributed by atoms with Crippen LogP contribution >= 0.6 is 0 Å². The quantitative estimate of drug-likeness (QED) is 0.744. The fourth-order valence-corrected chi connectivity index (χ4v) is 3.28. The molecule has 5 nitrogen and oxygen atoms in total. The molecule has 2 aromatic rings. The van der Waals surface area contributed by atoms with E-state index in [2.05, 4.69) is 18.6 Å². The van der Waals surface area contributed by atoms with Gasteiger partial charge in [0.05, 0.1) is 12.0 Å². The molecule has 0 heterocycles. The summed E-state index contributed by atoms with van der Waals surface area (Å²) in [6, 6.07) is 14.0. The van der Waals surface area contributed by atoms with Gasteiger partial charge in [-0.15, -0.1) is 0 Å². The zero-order chi connectivity index (χ0) is 17.6. The van der Waals surface area contributed by atoms with E-state index in [0.29, 0.717) is 11.7 Å². The lowest BCUT2D eigenvalue weighted by atomic mass is 10.0. The van der Waals surface area contributed by atoms with Crippen LogP contribution in [-0.4, -0.2) is 28.7 Å². The van der Waals surface area contributed by atoms with E-state index in [-0.39, 0.29) is 18.0 Å². The molecule has 24 heavy (non-hydrogen) atoms. The van der Waals surface area contributed by atoms with E-state index in [4.69, 9.17) is 9.47 Å². The minimum atomic E-state index is -3.55. The topological polar surface area (TPSA) is 64.6 Å². The Balaban J connectivity index is 1.91. The van der Waals surface area contributed by atoms with E-state index < -0.39 is 10.0 Å². The van der Waals surface area contributed by atoms with Crippen LogP contribution in [0.15, 0.2) is 53.4 Å². The van der Waals surface area contributed by atoms with Gasteiger partial charge in [-0.05, 0) is 41.8 Å². The predicted octanol–water partition coefficient (Wildman–Crippen LogP) is 3.18. The molecule has 0 spiro atoms. The molecule has 6 heteroatoms. The molecule has 0 aliphatic rings. The summed E-state index contributed by atoms with van der Waals surface area (Å²) in [5.41, 5.74) is 1.11. The maximum absolute atomic E-state index is 12.2. The lowest BCUT2D eigenvalue weighted by Crippen LogP contribution is -2.28. The van der Waals surface area contributed by atoms with Crippen LogP contribution in [0.2, 0.25) is 0 Å². The molecule has 0 radical (unpaired) electrons. The summed E-state index contributed by atoms with van der Waals surface area (Å²) < 4.78 is 37.7. The summed E-state index contributed by atoms with van der Waals surface area (Å²) in [4.78, 5) is 0.200. The Labute approximate surface area is 143 Å². The van der Waals surface area contributed by atoms with E-state index >= 15 is 0 Å². The Bertz CT molecular complexity index is 755. The molecule has 0 aliphatic carbocycles. The second kappa shape index (κ2) is 8.17. The summed E-state index contributed by atoms with van der Waals surface area (Å²) in [5.74, 6) is 1.75. The van der Waals surface area contributed by atoms with Crippen molar-refractivity contribution in [3.8, 4) is 11.5 Å². The second-order valence-corrected chi connectivity index (χ2v) is 7.38. The molecular weight excluding hydrogens is 326 g/mol. The maximum Gasteiger partial charge on any atom is 0.240 e. The lowest BCUT2D eigenvalue weighted by molar-refractivity contribution is 0.318. The van der Waals surface area contributed by atoms with E-state index in [9.17, 15) is 8.42 Å². The van der Waals surface area contributed by atoms with Crippen molar-refractivity contribution in [1.29, 1.82) is 0 Å². The van der Waals surface area contributed by atoms with Crippen molar-refractivity contribution in [2.75, 3.05) is 20.3 Å². The molecule has 0 unspecified atom stereocenters. The third kappa shape index (κ3) is 4.72. The predicted molar refractivity (Wildman–Crippen MR) is 94.2 cm³/mol. The van der Waals surface area contributed by atoms with Crippen molar-refractivity contribution in [2.24, 2.45) is 0 Å². The van der Waals surface area contributed by atoms with Gasteiger partial charge in [0.2, 0.25) is 10.0 Å². The number of nitrogens with one attached hydrogen (secondary N) is 1. The van der Waals surface area contributed by atoms with Crippen molar-refractivity contribution in [3.63, 3.8) is 0 Å². The normalized spacial score (nSPS) is 11.5. The highest BCUT2D eigenvalue weighted by Crippen LogP contribution is 2.25. The minimum absolute atomic E-state index is 0.195. The van der Waals surface area contributed by atoms with Crippen LogP contribution in [0.4, 0.5) is 0 Å². The molecule has 0 saturated carbocycles. The van der Waals surface area contributed by atoms with Crippen molar-refractivity contribution >= 4 is 10.0 Å². The molecule has 0 aromatic heterocycles. The first-order valence-electron chi connectivity index (χ1n) is 7.79. The van der Waals surface area contributed by atoms with Gasteiger partial charge >= 0.3 is 0 Å². The van der Waals surface area contributed by atoms with Gasteiger partial charge in [0.1, 0.15) is 18.1 Å². The molecule has 0 saturated heterocycles. The molecule has 0 fully saturated rings. The van der Waals surface area contributed by atoms with Crippen LogP contribution in [0.25, 0.3) is 0 Å². The van der Waals surface area contributed by atoms with Crippen LogP contribution in [0.5, 0.6) is 11.5 Å². The molecule has 1 N–H and O–H groups in total. The van der Waals surface area contributed by atoms with Gasteiger partial charge < -0.3 is 9.47 Å². The van der Waals surface area contributed by atoms with Crippen LogP contribution in [-0.2, 0) is 10.0 Å². The Morgan fingerprint density at radius 2 is 1.71 bits per heavy atom. The van der Waals surface area contributed by atoms with Crippen LogP contribution in [0, 0.1) is 0 Å². The average molecular weight is 349 g/mol. The third-order valence-electron chi connectivity index (χ3n) is 3.56. The fraction of sp³-hybridized carbons (Fsp3) is 0.333. The standard InChI is InChI=1S/C18H23NO4S/c1-14(2)17-6-4-5-7-18(17)23-13-12-19-24(20,21)16-10-8-15(22-3)9-11-16/h4-11,14,19H,12-13H2,1-3H3. The van der Waals surface area contributed by atoms with Gasteiger partial charge in [0.25, 0.3) is 0 Å². The number of sulfonamides is 1. The summed E-state index contributed by atoms with van der Waals surface area (Å²) >= 11 is 0. The van der Waals surface area contributed by atoms with Crippen molar-refractivity contribution in [1.82, 2.24) is 4.72 Å². The Morgan fingerprint density at radius 1 is 1.04 bits per heavy atom. The van der Waals surface area contributed by atoms with Gasteiger partial charge in [0.15, 0.2) is 0 Å². The SMILES string of the molecule is COc1ccc(S(=O)(=O)NCCOc2ccccc2C(C)C)cc1. The van der Waals surface area contributed by atoms with Crippen LogP contribution < -0.4 is 14.2 Å². The van der Waals surface area contributed by atoms with Crippen molar-refractivity contribution in [3.05, 3.63) is 54.1 Å². The smallest absolute Gasteiger partial charge is 0.240 e. The number of hydrogen-bond acceptors (Lipinski definition) is 4. The van der Waals surface area contributed by atoms with Crippen LogP contribution in [0.1, 0.15) is 25.3 Å².